The summed E-state index contributed by atoms with van der Waals surface area (Å²) >= 11 is 0. The first-order valence-electron chi connectivity index (χ1n) is 17.1. The molecule has 252 valence electrons. The maximum Gasteiger partial charge on any atom is 0.224 e. The number of rotatable bonds is 14. The van der Waals surface area contributed by atoms with Crippen molar-refractivity contribution < 1.29 is 23.7 Å². The standard InChI is InChI=1S/C43H45NO5/c1-4-38(44(27-32-16-8-5-9-17-32)28-35-24-25-36-22-14-15-23-37(36)26-35)39-40(46-30-34-20-12-7-13-21-34)41-43(47-39,49-42(2,3)48-41)31-45-29-33-18-10-6-11-19-33/h4-26,38-41H,1,27-31H2,2-3H3/t38-,39-,40+,41-,43-/m0/s1. The van der Waals surface area contributed by atoms with Crippen LogP contribution >= 0.6 is 0 Å². The SMILES string of the molecule is C=C[C@@H]([C@@H]1O[C@@]2(COCc3ccccc3)OC(C)(C)O[C@H]2[C@@H]1OCc1ccccc1)N(Cc1ccccc1)Cc1ccc2ccccc2c1. The lowest BCUT2D eigenvalue weighted by Crippen LogP contribution is -2.49. The van der Waals surface area contributed by atoms with Crippen molar-refractivity contribution in [1.29, 1.82) is 0 Å². The quantitative estimate of drug-likeness (QED) is 0.112. The third-order valence-corrected chi connectivity index (χ3v) is 9.35. The second kappa shape index (κ2) is 14.8. The fourth-order valence-corrected chi connectivity index (χ4v) is 7.16. The first-order chi connectivity index (χ1) is 23.9. The molecule has 0 saturated carbocycles. The lowest BCUT2D eigenvalue weighted by molar-refractivity contribution is -0.284. The van der Waals surface area contributed by atoms with Gasteiger partial charge in [-0.1, -0.05) is 133 Å². The number of ether oxygens (including phenoxy) is 5. The van der Waals surface area contributed by atoms with Gasteiger partial charge in [0.15, 0.2) is 5.79 Å². The number of hydrogen-bond acceptors (Lipinski definition) is 6. The fourth-order valence-electron chi connectivity index (χ4n) is 7.16. The van der Waals surface area contributed by atoms with Crippen LogP contribution in [0.2, 0.25) is 0 Å². The van der Waals surface area contributed by atoms with Crippen LogP contribution in [0, 0.1) is 0 Å². The molecule has 2 saturated heterocycles. The second-order valence-corrected chi connectivity index (χ2v) is 13.5. The summed E-state index contributed by atoms with van der Waals surface area (Å²) in [6.45, 7) is 10.6. The Kier molecular flexibility index (Phi) is 10.1. The van der Waals surface area contributed by atoms with Crippen molar-refractivity contribution in [2.24, 2.45) is 0 Å². The van der Waals surface area contributed by atoms with Crippen LogP contribution in [-0.2, 0) is 50.0 Å². The average molecular weight is 656 g/mol. The molecule has 0 aromatic heterocycles. The van der Waals surface area contributed by atoms with Crippen LogP contribution in [0.15, 0.2) is 146 Å². The third-order valence-electron chi connectivity index (χ3n) is 9.35. The van der Waals surface area contributed by atoms with Crippen molar-refractivity contribution in [2.75, 3.05) is 6.61 Å². The highest BCUT2D eigenvalue weighted by molar-refractivity contribution is 5.83. The second-order valence-electron chi connectivity index (χ2n) is 13.5. The van der Waals surface area contributed by atoms with Crippen molar-refractivity contribution in [3.8, 4) is 0 Å². The molecule has 5 atom stereocenters. The molecule has 6 heteroatoms. The molecule has 2 aliphatic rings. The van der Waals surface area contributed by atoms with Crippen LogP contribution in [-0.4, -0.2) is 47.4 Å². The summed E-state index contributed by atoms with van der Waals surface area (Å²) in [4.78, 5) is 2.42. The van der Waals surface area contributed by atoms with Crippen LogP contribution in [0.25, 0.3) is 10.8 Å². The minimum Gasteiger partial charge on any atom is -0.371 e. The van der Waals surface area contributed by atoms with Gasteiger partial charge in [-0.2, -0.15) is 0 Å². The molecule has 7 rings (SSSR count). The summed E-state index contributed by atoms with van der Waals surface area (Å²) in [6.07, 6.45) is 0.513. The largest absolute Gasteiger partial charge is 0.371 e. The molecule has 5 aromatic carbocycles. The van der Waals surface area contributed by atoms with Crippen molar-refractivity contribution in [2.45, 2.75) is 76.1 Å². The summed E-state index contributed by atoms with van der Waals surface area (Å²) in [5.74, 6) is -2.06. The van der Waals surface area contributed by atoms with E-state index in [1.807, 2.05) is 62.4 Å². The zero-order valence-electron chi connectivity index (χ0n) is 28.3. The van der Waals surface area contributed by atoms with Gasteiger partial charge < -0.3 is 23.7 Å². The van der Waals surface area contributed by atoms with Gasteiger partial charge in [-0.25, -0.2) is 0 Å². The van der Waals surface area contributed by atoms with Gasteiger partial charge >= 0.3 is 0 Å². The smallest absolute Gasteiger partial charge is 0.224 e. The van der Waals surface area contributed by atoms with E-state index < -0.39 is 29.9 Å². The van der Waals surface area contributed by atoms with E-state index in [0.29, 0.717) is 26.3 Å². The van der Waals surface area contributed by atoms with Gasteiger partial charge in [0.1, 0.15) is 24.9 Å². The number of fused-ring (bicyclic) bond motifs is 2. The van der Waals surface area contributed by atoms with E-state index in [2.05, 4.69) is 102 Å². The Morgan fingerprint density at radius 2 is 1.29 bits per heavy atom. The molecule has 49 heavy (non-hydrogen) atoms. The minimum absolute atomic E-state index is 0.185. The molecule has 2 aliphatic heterocycles. The van der Waals surface area contributed by atoms with Crippen LogP contribution in [0.4, 0.5) is 0 Å². The number of benzene rings is 5. The molecule has 0 N–H and O–H groups in total. The predicted molar refractivity (Wildman–Crippen MR) is 192 cm³/mol. The van der Waals surface area contributed by atoms with Crippen molar-refractivity contribution in [1.82, 2.24) is 4.90 Å². The highest BCUT2D eigenvalue weighted by Crippen LogP contribution is 2.48. The summed E-state index contributed by atoms with van der Waals surface area (Å²) in [6, 6.07) is 45.8. The maximum absolute atomic E-state index is 7.12. The molecule has 0 amide bonds. The van der Waals surface area contributed by atoms with Gasteiger partial charge in [-0.05, 0) is 52.9 Å². The van der Waals surface area contributed by atoms with E-state index in [1.165, 1.54) is 21.9 Å². The van der Waals surface area contributed by atoms with E-state index in [4.69, 9.17) is 23.7 Å². The lowest BCUT2D eigenvalue weighted by Gasteiger charge is -2.37. The van der Waals surface area contributed by atoms with Crippen LogP contribution in [0.3, 0.4) is 0 Å². The number of hydrogen-bond donors (Lipinski definition) is 0. The monoisotopic (exact) mass is 655 g/mol. The Bertz CT molecular complexity index is 1810. The van der Waals surface area contributed by atoms with Crippen molar-refractivity contribution in [3.63, 3.8) is 0 Å². The van der Waals surface area contributed by atoms with Crippen LogP contribution < -0.4 is 0 Å². The minimum atomic E-state index is -1.17. The van der Waals surface area contributed by atoms with Gasteiger partial charge in [-0.15, -0.1) is 6.58 Å². The topological polar surface area (TPSA) is 49.4 Å². The molecule has 0 spiro atoms. The van der Waals surface area contributed by atoms with Crippen molar-refractivity contribution in [3.05, 3.63) is 168 Å². The van der Waals surface area contributed by atoms with Gasteiger partial charge in [0.2, 0.25) is 5.79 Å². The highest BCUT2D eigenvalue weighted by atomic mass is 16.9. The van der Waals surface area contributed by atoms with Crippen LogP contribution in [0.1, 0.15) is 36.1 Å². The van der Waals surface area contributed by atoms with Gasteiger partial charge in [0, 0.05) is 13.1 Å². The summed E-state index contributed by atoms with van der Waals surface area (Å²) in [5.41, 5.74) is 4.55. The molecule has 6 nitrogen and oxygen atoms in total. The summed E-state index contributed by atoms with van der Waals surface area (Å²) < 4.78 is 33.6. The molecular weight excluding hydrogens is 610 g/mol. The van der Waals surface area contributed by atoms with Crippen LogP contribution in [0.5, 0.6) is 0 Å². The maximum atomic E-state index is 7.12. The normalized spacial score (nSPS) is 23.4. The molecule has 0 aliphatic carbocycles. The average Bonchev–Trinajstić information content (AvgIpc) is 3.54. The van der Waals surface area contributed by atoms with Crippen molar-refractivity contribution >= 4 is 10.8 Å². The molecule has 2 heterocycles. The Hall–Kier alpha value is -4.14. The molecule has 0 radical (unpaired) electrons. The Labute approximate surface area is 289 Å². The summed E-state index contributed by atoms with van der Waals surface area (Å²) in [7, 11) is 0. The van der Waals surface area contributed by atoms with Gasteiger partial charge in [0.25, 0.3) is 0 Å². The fraction of sp³-hybridized carbons (Fsp3) is 0.302. The Morgan fingerprint density at radius 1 is 0.694 bits per heavy atom. The van der Waals surface area contributed by atoms with Gasteiger partial charge in [0.05, 0.1) is 19.3 Å². The number of nitrogens with zero attached hydrogens (tertiary/aromatic N) is 1. The Balaban J connectivity index is 1.23. The van der Waals surface area contributed by atoms with E-state index in [1.54, 1.807) is 0 Å². The zero-order chi connectivity index (χ0) is 33.7. The molecular formula is C43H45NO5. The Morgan fingerprint density at radius 3 is 1.96 bits per heavy atom. The first-order valence-corrected chi connectivity index (χ1v) is 17.1. The highest BCUT2D eigenvalue weighted by Gasteiger charge is 2.67. The van der Waals surface area contributed by atoms with E-state index >= 15 is 0 Å². The van der Waals surface area contributed by atoms with E-state index in [9.17, 15) is 0 Å². The van der Waals surface area contributed by atoms with Gasteiger partial charge in [-0.3, -0.25) is 4.90 Å². The van der Waals surface area contributed by atoms with E-state index in [0.717, 1.165) is 11.1 Å². The summed E-state index contributed by atoms with van der Waals surface area (Å²) in [5, 5.41) is 2.43. The molecule has 2 fully saturated rings. The molecule has 5 aromatic rings. The predicted octanol–water partition coefficient (Wildman–Crippen LogP) is 8.45. The third kappa shape index (κ3) is 7.71. The lowest BCUT2D eigenvalue weighted by atomic mass is 9.97. The van der Waals surface area contributed by atoms with E-state index in [-0.39, 0.29) is 12.6 Å². The molecule has 0 unspecified atom stereocenters. The zero-order valence-corrected chi connectivity index (χ0v) is 28.3. The first kappa shape index (κ1) is 33.4. The molecule has 0 bridgehead atoms.